The highest BCUT2D eigenvalue weighted by molar-refractivity contribution is 5.91. The lowest BCUT2D eigenvalue weighted by Gasteiger charge is -2.31. The number of amides is 1. The minimum Gasteiger partial charge on any atom is -0.456 e. The van der Waals surface area contributed by atoms with Crippen LogP contribution in [0.25, 0.3) is 0 Å². The number of aryl methyl sites for hydroxylation is 3. The fourth-order valence-electron chi connectivity index (χ4n) is 4.28. The molecular formula is C22H29N5O4. The summed E-state index contributed by atoms with van der Waals surface area (Å²) >= 11 is 0. The molecule has 1 amide bonds. The third-order valence-electron chi connectivity index (χ3n) is 6.05. The molecule has 1 fully saturated rings. The van der Waals surface area contributed by atoms with Crippen LogP contribution in [0.15, 0.2) is 25.9 Å². The van der Waals surface area contributed by atoms with Crippen LogP contribution in [0, 0.1) is 13.8 Å². The zero-order valence-electron chi connectivity index (χ0n) is 18.7. The van der Waals surface area contributed by atoms with Gasteiger partial charge in [-0.25, -0.2) is 9.48 Å². The van der Waals surface area contributed by atoms with Crippen LogP contribution < -0.4 is 5.69 Å². The monoisotopic (exact) mass is 427 g/mol. The first-order valence-electron chi connectivity index (χ1n) is 10.7. The summed E-state index contributed by atoms with van der Waals surface area (Å²) in [6, 6.07) is 3.62. The van der Waals surface area contributed by atoms with E-state index in [1.165, 1.54) is 4.68 Å². The van der Waals surface area contributed by atoms with Crippen molar-refractivity contribution in [2.24, 2.45) is 7.05 Å². The molecule has 3 aromatic rings. The maximum atomic E-state index is 13.0. The van der Waals surface area contributed by atoms with E-state index >= 15 is 0 Å². The molecule has 1 aliphatic rings. The van der Waals surface area contributed by atoms with Gasteiger partial charge in [0.05, 0.1) is 5.69 Å². The molecule has 0 spiro atoms. The summed E-state index contributed by atoms with van der Waals surface area (Å²) in [5.74, 6) is 2.68. The van der Waals surface area contributed by atoms with Crippen LogP contribution in [0.2, 0.25) is 0 Å². The zero-order chi connectivity index (χ0) is 22.3. The van der Waals surface area contributed by atoms with Crippen molar-refractivity contribution >= 4 is 5.91 Å². The van der Waals surface area contributed by atoms with Crippen LogP contribution in [-0.2, 0) is 13.5 Å². The molecule has 0 aliphatic carbocycles. The third-order valence-corrected chi connectivity index (χ3v) is 6.05. The fourth-order valence-corrected chi connectivity index (χ4v) is 4.28. The van der Waals surface area contributed by atoms with Crippen LogP contribution in [0.1, 0.15) is 77.8 Å². The molecule has 4 heterocycles. The Kier molecular flexibility index (Phi) is 5.60. The number of furan rings is 1. The standard InChI is InChI=1S/C22H29N5O4/c1-13(2)27-20(23-25(5)22(27)29)16-8-10-26(11-9-16)21(28)19-7-6-17(30-19)12-18-14(3)24-31-15(18)4/h6-7,13,16H,8-12H2,1-5H3. The second-order valence-corrected chi connectivity index (χ2v) is 8.54. The predicted octanol–water partition coefficient (Wildman–Crippen LogP) is 2.97. The Hall–Kier alpha value is -3.10. The summed E-state index contributed by atoms with van der Waals surface area (Å²) in [5, 5.41) is 8.43. The van der Waals surface area contributed by atoms with E-state index in [-0.39, 0.29) is 23.6 Å². The molecule has 9 heteroatoms. The van der Waals surface area contributed by atoms with Gasteiger partial charge in [-0.05, 0) is 52.7 Å². The molecule has 0 saturated carbocycles. The van der Waals surface area contributed by atoms with Crippen molar-refractivity contribution < 1.29 is 13.7 Å². The van der Waals surface area contributed by atoms with Gasteiger partial charge in [0.15, 0.2) is 5.76 Å². The molecular weight excluding hydrogens is 398 g/mol. The highest BCUT2D eigenvalue weighted by atomic mass is 16.5. The average Bonchev–Trinajstić information content (AvgIpc) is 3.42. The minimum absolute atomic E-state index is 0.0510. The van der Waals surface area contributed by atoms with Gasteiger partial charge in [-0.1, -0.05) is 5.16 Å². The highest BCUT2D eigenvalue weighted by Gasteiger charge is 2.30. The summed E-state index contributed by atoms with van der Waals surface area (Å²) in [7, 11) is 1.68. The van der Waals surface area contributed by atoms with E-state index in [0.717, 1.165) is 35.7 Å². The van der Waals surface area contributed by atoms with E-state index in [1.54, 1.807) is 17.7 Å². The molecule has 9 nitrogen and oxygen atoms in total. The first-order valence-corrected chi connectivity index (χ1v) is 10.7. The van der Waals surface area contributed by atoms with Gasteiger partial charge in [-0.15, -0.1) is 0 Å². The van der Waals surface area contributed by atoms with E-state index in [0.29, 0.717) is 31.0 Å². The van der Waals surface area contributed by atoms with Crippen LogP contribution in [0.5, 0.6) is 0 Å². The van der Waals surface area contributed by atoms with E-state index in [1.807, 2.05) is 38.7 Å². The number of rotatable bonds is 5. The van der Waals surface area contributed by atoms with Crippen LogP contribution in [-0.4, -0.2) is 43.4 Å². The van der Waals surface area contributed by atoms with Gasteiger partial charge in [-0.3, -0.25) is 9.36 Å². The number of hydrogen-bond donors (Lipinski definition) is 0. The van der Waals surface area contributed by atoms with Crippen molar-refractivity contribution in [1.82, 2.24) is 24.4 Å². The van der Waals surface area contributed by atoms with E-state index in [2.05, 4.69) is 10.3 Å². The van der Waals surface area contributed by atoms with Crippen molar-refractivity contribution in [3.63, 3.8) is 0 Å². The number of carbonyl (C=O) groups excluding carboxylic acids is 1. The van der Waals surface area contributed by atoms with Gasteiger partial charge in [0.1, 0.15) is 17.3 Å². The Balaban J connectivity index is 1.42. The van der Waals surface area contributed by atoms with Crippen molar-refractivity contribution in [2.75, 3.05) is 13.1 Å². The second kappa shape index (κ2) is 8.20. The summed E-state index contributed by atoms with van der Waals surface area (Å²) in [4.78, 5) is 27.1. The quantitative estimate of drug-likeness (QED) is 0.621. The Morgan fingerprint density at radius 3 is 2.55 bits per heavy atom. The number of aromatic nitrogens is 4. The number of likely N-dealkylation sites (tertiary alicyclic amines) is 1. The molecule has 0 radical (unpaired) electrons. The fraction of sp³-hybridized carbons (Fsp3) is 0.545. The van der Waals surface area contributed by atoms with Gasteiger partial charge in [-0.2, -0.15) is 5.10 Å². The third kappa shape index (κ3) is 3.96. The highest BCUT2D eigenvalue weighted by Crippen LogP contribution is 2.28. The van der Waals surface area contributed by atoms with Crippen molar-refractivity contribution in [3.05, 3.63) is 57.0 Å². The maximum absolute atomic E-state index is 13.0. The first kappa shape index (κ1) is 21.1. The van der Waals surface area contributed by atoms with Crippen molar-refractivity contribution in [3.8, 4) is 0 Å². The van der Waals surface area contributed by atoms with Gasteiger partial charge in [0.25, 0.3) is 5.91 Å². The predicted molar refractivity (Wildman–Crippen MR) is 113 cm³/mol. The minimum atomic E-state index is -0.106. The van der Waals surface area contributed by atoms with Gasteiger partial charge >= 0.3 is 5.69 Å². The van der Waals surface area contributed by atoms with Crippen LogP contribution in [0.4, 0.5) is 0 Å². The van der Waals surface area contributed by atoms with Crippen molar-refractivity contribution in [1.29, 1.82) is 0 Å². The Labute approximate surface area is 180 Å². The molecule has 0 N–H and O–H groups in total. The Bertz CT molecular complexity index is 1120. The second-order valence-electron chi connectivity index (χ2n) is 8.54. The molecule has 3 aromatic heterocycles. The lowest BCUT2D eigenvalue weighted by molar-refractivity contribution is 0.0676. The lowest BCUT2D eigenvalue weighted by Crippen LogP contribution is -2.38. The molecule has 0 atom stereocenters. The zero-order valence-corrected chi connectivity index (χ0v) is 18.7. The van der Waals surface area contributed by atoms with E-state index in [9.17, 15) is 9.59 Å². The van der Waals surface area contributed by atoms with Crippen LogP contribution >= 0.6 is 0 Å². The average molecular weight is 428 g/mol. The van der Waals surface area contributed by atoms with Gasteiger partial charge in [0, 0.05) is 44.1 Å². The number of hydrogen-bond acceptors (Lipinski definition) is 6. The van der Waals surface area contributed by atoms with Gasteiger partial charge < -0.3 is 13.8 Å². The maximum Gasteiger partial charge on any atom is 0.345 e. The smallest absolute Gasteiger partial charge is 0.345 e. The van der Waals surface area contributed by atoms with Gasteiger partial charge in [0.2, 0.25) is 0 Å². The van der Waals surface area contributed by atoms with E-state index in [4.69, 9.17) is 8.94 Å². The summed E-state index contributed by atoms with van der Waals surface area (Å²) in [5.41, 5.74) is 1.73. The molecule has 1 aliphatic heterocycles. The SMILES string of the molecule is Cc1noc(C)c1Cc1ccc(C(=O)N2CCC(c3nn(C)c(=O)n3C(C)C)CC2)o1. The normalized spacial score (nSPS) is 15.2. The van der Waals surface area contributed by atoms with Crippen LogP contribution in [0.3, 0.4) is 0 Å². The molecule has 1 saturated heterocycles. The summed E-state index contributed by atoms with van der Waals surface area (Å²) < 4.78 is 14.2. The molecule has 0 bridgehead atoms. The Morgan fingerprint density at radius 1 is 1.23 bits per heavy atom. The first-order chi connectivity index (χ1) is 14.8. The molecule has 166 valence electrons. The lowest BCUT2D eigenvalue weighted by atomic mass is 9.95. The molecule has 31 heavy (non-hydrogen) atoms. The van der Waals surface area contributed by atoms with Crippen molar-refractivity contribution in [2.45, 2.75) is 58.9 Å². The number of carbonyl (C=O) groups is 1. The number of piperidine rings is 1. The largest absolute Gasteiger partial charge is 0.456 e. The molecule has 4 rings (SSSR count). The Morgan fingerprint density at radius 2 is 1.94 bits per heavy atom. The molecule has 0 unspecified atom stereocenters. The summed E-state index contributed by atoms with van der Waals surface area (Å²) in [6.45, 7) is 8.95. The number of nitrogens with zero attached hydrogens (tertiary/aromatic N) is 5. The molecule has 0 aromatic carbocycles. The topological polar surface area (TPSA) is 99.3 Å². The summed E-state index contributed by atoms with van der Waals surface area (Å²) in [6.07, 6.45) is 2.08. The van der Waals surface area contributed by atoms with E-state index < -0.39 is 0 Å².